The van der Waals surface area contributed by atoms with Gasteiger partial charge in [-0.15, -0.1) is 10.2 Å². The largest absolute Gasteiger partial charge is 0.485 e. The summed E-state index contributed by atoms with van der Waals surface area (Å²) in [5, 5.41) is 8.49. The van der Waals surface area contributed by atoms with Crippen LogP contribution in [0.2, 0.25) is 0 Å². The number of ether oxygens (including phenoxy) is 2. The van der Waals surface area contributed by atoms with E-state index in [1.165, 1.54) is 11.8 Å². The predicted octanol–water partition coefficient (Wildman–Crippen LogP) is 5.02. The van der Waals surface area contributed by atoms with E-state index in [2.05, 4.69) is 28.6 Å². The second-order valence-electron chi connectivity index (χ2n) is 8.10. The van der Waals surface area contributed by atoms with Gasteiger partial charge < -0.3 is 18.5 Å². The fourth-order valence-corrected chi connectivity index (χ4v) is 4.22. The van der Waals surface area contributed by atoms with E-state index in [0.717, 1.165) is 29.9 Å². The van der Waals surface area contributed by atoms with Gasteiger partial charge in [-0.2, -0.15) is 0 Å². The molecule has 0 fully saturated rings. The number of para-hydroxylation sites is 2. The highest BCUT2D eigenvalue weighted by atomic mass is 32.2. The molecule has 0 bridgehead atoms. The van der Waals surface area contributed by atoms with Crippen LogP contribution in [0.5, 0.6) is 11.5 Å². The van der Waals surface area contributed by atoms with Gasteiger partial charge in [-0.25, -0.2) is 0 Å². The van der Waals surface area contributed by atoms with Crippen LogP contribution in [-0.2, 0) is 6.54 Å². The Balaban J connectivity index is 1.37. The van der Waals surface area contributed by atoms with Gasteiger partial charge in [-0.1, -0.05) is 37.7 Å². The van der Waals surface area contributed by atoms with E-state index in [9.17, 15) is 4.79 Å². The summed E-state index contributed by atoms with van der Waals surface area (Å²) in [6.07, 6.45) is 0.619. The van der Waals surface area contributed by atoms with Crippen LogP contribution in [-0.4, -0.2) is 32.9 Å². The molecule has 0 spiro atoms. The summed E-state index contributed by atoms with van der Waals surface area (Å²) < 4.78 is 19.5. The van der Waals surface area contributed by atoms with E-state index in [4.69, 9.17) is 13.9 Å². The van der Waals surface area contributed by atoms with E-state index in [1.54, 1.807) is 0 Å². The van der Waals surface area contributed by atoms with Crippen molar-refractivity contribution in [2.75, 3.05) is 12.4 Å². The molecule has 7 nitrogen and oxygen atoms in total. The van der Waals surface area contributed by atoms with Crippen LogP contribution >= 0.6 is 11.8 Å². The molecule has 8 heteroatoms. The maximum Gasteiger partial charge on any atom is 0.277 e. The van der Waals surface area contributed by atoms with Gasteiger partial charge >= 0.3 is 0 Å². The maximum atomic E-state index is 12.8. The number of hydrogen-bond donors (Lipinski definition) is 0. The molecule has 0 N–H and O–H groups in total. The van der Waals surface area contributed by atoms with E-state index >= 15 is 0 Å². The van der Waals surface area contributed by atoms with Crippen molar-refractivity contribution in [3.8, 4) is 11.5 Å². The minimum Gasteiger partial charge on any atom is -0.485 e. The summed E-state index contributed by atoms with van der Waals surface area (Å²) in [6, 6.07) is 9.44. The molecule has 164 valence electrons. The summed E-state index contributed by atoms with van der Waals surface area (Å²) in [4.78, 5) is 12.8. The Morgan fingerprint density at radius 2 is 2.00 bits per heavy atom. The number of benzene rings is 1. The number of nitrogens with zero attached hydrogens (tertiary/aromatic N) is 3. The highest BCUT2D eigenvalue weighted by molar-refractivity contribution is 7.99. The monoisotopic (exact) mass is 441 g/mol. The SMILES string of the molecule is Cc1cc(C(=O)CSc2nnc(C3COc4ccccc4O3)o2)c(C)n1CCC(C)C. The Morgan fingerprint density at radius 3 is 2.77 bits per heavy atom. The van der Waals surface area contributed by atoms with E-state index in [1.807, 2.05) is 44.2 Å². The number of thioether (sulfide) groups is 1. The molecule has 1 aliphatic rings. The van der Waals surface area contributed by atoms with E-state index in [-0.39, 0.29) is 11.5 Å². The first-order chi connectivity index (χ1) is 14.9. The van der Waals surface area contributed by atoms with Crippen molar-refractivity contribution in [3.05, 3.63) is 53.2 Å². The normalized spacial score (nSPS) is 15.5. The first-order valence-electron chi connectivity index (χ1n) is 10.5. The van der Waals surface area contributed by atoms with Crippen molar-refractivity contribution >= 4 is 17.5 Å². The summed E-state index contributed by atoms with van der Waals surface area (Å²) >= 11 is 1.24. The minimum absolute atomic E-state index is 0.0554. The Bertz CT molecular complexity index is 1070. The van der Waals surface area contributed by atoms with Crippen molar-refractivity contribution in [2.24, 2.45) is 5.92 Å². The fourth-order valence-electron chi connectivity index (χ4n) is 3.57. The number of carbonyl (C=O) groups excluding carboxylic acids is 1. The minimum atomic E-state index is -0.465. The molecule has 2 aromatic heterocycles. The molecule has 0 aliphatic carbocycles. The lowest BCUT2D eigenvalue weighted by Gasteiger charge is -2.23. The summed E-state index contributed by atoms with van der Waals surface area (Å²) in [5.41, 5.74) is 2.89. The second kappa shape index (κ2) is 9.18. The number of aryl methyl sites for hydroxylation is 1. The molecule has 0 saturated heterocycles. The Kier molecular flexibility index (Phi) is 6.36. The maximum absolute atomic E-state index is 12.8. The molecule has 31 heavy (non-hydrogen) atoms. The quantitative estimate of drug-likeness (QED) is 0.359. The van der Waals surface area contributed by atoms with Gasteiger partial charge in [-0.3, -0.25) is 4.79 Å². The third-order valence-corrected chi connectivity index (χ3v) is 6.16. The molecule has 0 amide bonds. The number of carbonyl (C=O) groups is 1. The number of rotatable bonds is 8. The van der Waals surface area contributed by atoms with Crippen LogP contribution in [0.25, 0.3) is 0 Å². The molecule has 4 rings (SSSR count). The van der Waals surface area contributed by atoms with Crippen LogP contribution in [0.4, 0.5) is 0 Å². The Hall–Kier alpha value is -2.74. The molecule has 0 saturated carbocycles. The molecule has 1 unspecified atom stereocenters. The lowest BCUT2D eigenvalue weighted by Crippen LogP contribution is -2.21. The number of fused-ring (bicyclic) bond motifs is 1. The van der Waals surface area contributed by atoms with Gasteiger partial charge in [0.15, 0.2) is 17.3 Å². The van der Waals surface area contributed by atoms with E-state index in [0.29, 0.717) is 35.1 Å². The zero-order valence-corrected chi connectivity index (χ0v) is 19.1. The van der Waals surface area contributed by atoms with E-state index < -0.39 is 6.10 Å². The van der Waals surface area contributed by atoms with Crippen LogP contribution in [0.1, 0.15) is 54.0 Å². The average Bonchev–Trinajstić information content (AvgIpc) is 3.34. The molecular formula is C23H27N3O4S. The van der Waals surface area contributed by atoms with Crippen molar-refractivity contribution in [2.45, 2.75) is 52.0 Å². The number of aromatic nitrogens is 3. The highest BCUT2D eigenvalue weighted by Crippen LogP contribution is 2.36. The number of ketones is 1. The van der Waals surface area contributed by atoms with Crippen LogP contribution < -0.4 is 9.47 Å². The van der Waals surface area contributed by atoms with Crippen molar-refractivity contribution in [1.29, 1.82) is 0 Å². The van der Waals surface area contributed by atoms with Gasteiger partial charge in [0.25, 0.3) is 11.1 Å². The zero-order valence-electron chi connectivity index (χ0n) is 18.3. The lowest BCUT2D eigenvalue weighted by molar-refractivity contribution is 0.0686. The smallest absolute Gasteiger partial charge is 0.277 e. The molecule has 3 heterocycles. The molecule has 1 atom stereocenters. The summed E-state index contributed by atoms with van der Waals surface area (Å²) in [6.45, 7) is 9.69. The second-order valence-corrected chi connectivity index (χ2v) is 9.03. The van der Waals surface area contributed by atoms with Gasteiger partial charge in [0.1, 0.15) is 6.61 Å². The lowest BCUT2D eigenvalue weighted by atomic mass is 10.1. The Labute approximate surface area is 186 Å². The summed E-state index contributed by atoms with van der Waals surface area (Å²) in [7, 11) is 0. The van der Waals surface area contributed by atoms with Crippen molar-refractivity contribution < 1.29 is 18.7 Å². The molecule has 1 aliphatic heterocycles. The topological polar surface area (TPSA) is 79.4 Å². The first kappa shape index (κ1) is 21.5. The van der Waals surface area contributed by atoms with Gasteiger partial charge in [0, 0.05) is 23.5 Å². The predicted molar refractivity (Wildman–Crippen MR) is 118 cm³/mol. The average molecular weight is 442 g/mol. The highest BCUT2D eigenvalue weighted by Gasteiger charge is 2.27. The summed E-state index contributed by atoms with van der Waals surface area (Å²) in [5.74, 6) is 2.60. The van der Waals surface area contributed by atoms with Crippen molar-refractivity contribution in [1.82, 2.24) is 14.8 Å². The molecule has 0 radical (unpaired) electrons. The molecule has 3 aromatic rings. The van der Waals surface area contributed by atoms with Gasteiger partial charge in [0.05, 0.1) is 5.75 Å². The third kappa shape index (κ3) is 4.79. The van der Waals surface area contributed by atoms with Crippen LogP contribution in [0, 0.1) is 19.8 Å². The Morgan fingerprint density at radius 1 is 1.23 bits per heavy atom. The van der Waals surface area contributed by atoms with Crippen molar-refractivity contribution in [3.63, 3.8) is 0 Å². The molecular weight excluding hydrogens is 414 g/mol. The molecule has 1 aromatic carbocycles. The van der Waals surface area contributed by atoms with Gasteiger partial charge in [-0.05, 0) is 44.4 Å². The number of hydrogen-bond acceptors (Lipinski definition) is 7. The fraction of sp³-hybridized carbons (Fsp3) is 0.435. The standard InChI is InChI=1S/C23H27N3O4S/c1-14(2)9-10-26-15(3)11-17(16(26)4)18(27)13-31-23-25-24-22(30-23)21-12-28-19-7-5-6-8-20(19)29-21/h5-8,11,14,21H,9-10,12-13H2,1-4H3. The number of Topliss-reactive ketones (excluding diaryl/α,β-unsaturated/α-hetero) is 1. The van der Waals surface area contributed by atoms with Crippen LogP contribution in [0.15, 0.2) is 40.0 Å². The van der Waals surface area contributed by atoms with Crippen LogP contribution in [0.3, 0.4) is 0 Å². The third-order valence-electron chi connectivity index (χ3n) is 5.34. The first-order valence-corrected chi connectivity index (χ1v) is 11.5. The zero-order chi connectivity index (χ0) is 22.0. The van der Waals surface area contributed by atoms with Gasteiger partial charge in [0.2, 0.25) is 6.10 Å².